The van der Waals surface area contributed by atoms with E-state index in [1.165, 1.54) is 7.11 Å². The summed E-state index contributed by atoms with van der Waals surface area (Å²) in [5.41, 5.74) is 7.60. The molecule has 0 amide bonds. The lowest BCUT2D eigenvalue weighted by Gasteiger charge is -2.37. The molecule has 1 fully saturated rings. The van der Waals surface area contributed by atoms with Crippen LogP contribution in [0.2, 0.25) is 0 Å². The number of methoxy groups -OCH3 is 1. The lowest BCUT2D eigenvalue weighted by molar-refractivity contribution is -0.481. The van der Waals surface area contributed by atoms with Gasteiger partial charge in [0, 0.05) is 7.11 Å². The summed E-state index contributed by atoms with van der Waals surface area (Å²) < 4.78 is 16.1. The third-order valence-electron chi connectivity index (χ3n) is 2.88. The van der Waals surface area contributed by atoms with E-state index in [4.69, 9.17) is 14.2 Å². The number of aliphatic hydroxyl groups excluding tert-OH is 2. The summed E-state index contributed by atoms with van der Waals surface area (Å²) in [5, 5.41) is 19.2. The van der Waals surface area contributed by atoms with Crippen LogP contribution < -0.4 is 11.5 Å². The quantitative estimate of drug-likeness (QED) is 0.375. The second kappa shape index (κ2) is 6.60. The summed E-state index contributed by atoms with van der Waals surface area (Å²) in [4.78, 5) is 0. The molecular formula is C10H24N2O5+2. The number of aliphatic hydroxyl groups is 2. The molecule has 7 nitrogen and oxygen atoms in total. The van der Waals surface area contributed by atoms with Crippen molar-refractivity contribution in [2.24, 2.45) is 0 Å². The first-order valence-corrected chi connectivity index (χ1v) is 5.76. The third kappa shape index (κ3) is 3.59. The predicted molar refractivity (Wildman–Crippen MR) is 57.5 cm³/mol. The molecule has 0 aromatic rings. The van der Waals surface area contributed by atoms with Gasteiger partial charge in [-0.15, -0.1) is 0 Å². The number of hydrogen-bond acceptors (Lipinski definition) is 5. The molecule has 1 aliphatic heterocycles. The maximum Gasteiger partial charge on any atom is 0.210 e. The van der Waals surface area contributed by atoms with E-state index in [0.717, 1.165) is 0 Å². The molecule has 0 saturated carbocycles. The maximum absolute atomic E-state index is 10.0. The Bertz CT molecular complexity index is 227. The first-order chi connectivity index (χ1) is 8.01. The lowest BCUT2D eigenvalue weighted by atomic mass is 9.99. The minimum absolute atomic E-state index is 0.100. The smallest absolute Gasteiger partial charge is 0.210 e. The standard InChI is InChI=1S/C10H22N2O5/c1-5(11)10(15-2)17-9-7(3-13)16-4-6(12)8(9)14/h5-10,13-14H,3-4,11-12H2,1-2H3/p+2. The minimum Gasteiger partial charge on any atom is -0.394 e. The summed E-state index contributed by atoms with van der Waals surface area (Å²) in [7, 11) is 1.51. The second-order valence-corrected chi connectivity index (χ2v) is 4.49. The number of ether oxygens (including phenoxy) is 3. The van der Waals surface area contributed by atoms with Gasteiger partial charge in [0.1, 0.15) is 37.0 Å². The highest BCUT2D eigenvalue weighted by Gasteiger charge is 2.42. The average Bonchev–Trinajstić information content (AvgIpc) is 2.30. The molecule has 6 atom stereocenters. The Kier molecular flexibility index (Phi) is 5.74. The van der Waals surface area contributed by atoms with E-state index in [0.29, 0.717) is 6.61 Å². The predicted octanol–water partition coefficient (Wildman–Crippen LogP) is -3.66. The van der Waals surface area contributed by atoms with Crippen LogP contribution in [0.25, 0.3) is 0 Å². The Morgan fingerprint density at radius 3 is 2.65 bits per heavy atom. The van der Waals surface area contributed by atoms with Gasteiger partial charge >= 0.3 is 0 Å². The normalized spacial score (nSPS) is 37.8. The van der Waals surface area contributed by atoms with Crippen molar-refractivity contribution >= 4 is 0 Å². The molecular weight excluding hydrogens is 228 g/mol. The number of quaternary nitrogens is 2. The van der Waals surface area contributed by atoms with Gasteiger partial charge < -0.3 is 35.9 Å². The van der Waals surface area contributed by atoms with Gasteiger partial charge in [0.15, 0.2) is 0 Å². The molecule has 1 aliphatic rings. The Hall–Kier alpha value is -0.280. The molecule has 7 heteroatoms. The first kappa shape index (κ1) is 14.8. The molecule has 0 spiro atoms. The Morgan fingerprint density at radius 1 is 1.53 bits per heavy atom. The summed E-state index contributed by atoms with van der Waals surface area (Å²) in [6.45, 7) is 1.94. The van der Waals surface area contributed by atoms with Crippen molar-refractivity contribution in [1.29, 1.82) is 0 Å². The number of rotatable bonds is 5. The van der Waals surface area contributed by atoms with E-state index in [9.17, 15) is 10.2 Å². The summed E-state index contributed by atoms with van der Waals surface area (Å²) in [6.07, 6.45) is -2.53. The average molecular weight is 252 g/mol. The van der Waals surface area contributed by atoms with Crippen LogP contribution in [0.5, 0.6) is 0 Å². The molecule has 6 unspecified atom stereocenters. The molecule has 0 aromatic heterocycles. The van der Waals surface area contributed by atoms with Crippen molar-refractivity contribution in [3.63, 3.8) is 0 Å². The topological polar surface area (TPSA) is 123 Å². The molecule has 0 aromatic carbocycles. The van der Waals surface area contributed by atoms with E-state index < -0.39 is 24.6 Å². The molecule has 1 rings (SSSR count). The van der Waals surface area contributed by atoms with Gasteiger partial charge in [-0.1, -0.05) is 0 Å². The van der Waals surface area contributed by atoms with Crippen LogP contribution in [-0.4, -0.2) is 67.2 Å². The van der Waals surface area contributed by atoms with Crippen LogP contribution in [0.15, 0.2) is 0 Å². The molecule has 0 bridgehead atoms. The lowest BCUT2D eigenvalue weighted by Crippen LogP contribution is -2.75. The van der Waals surface area contributed by atoms with Crippen molar-refractivity contribution in [2.75, 3.05) is 20.3 Å². The highest BCUT2D eigenvalue weighted by Crippen LogP contribution is 2.19. The first-order valence-electron chi connectivity index (χ1n) is 5.76. The van der Waals surface area contributed by atoms with E-state index in [1.54, 1.807) is 0 Å². The maximum atomic E-state index is 10.0. The van der Waals surface area contributed by atoms with Crippen molar-refractivity contribution < 1.29 is 35.9 Å². The molecule has 1 heterocycles. The second-order valence-electron chi connectivity index (χ2n) is 4.49. The fraction of sp³-hybridized carbons (Fsp3) is 1.00. The van der Waals surface area contributed by atoms with Gasteiger partial charge in [-0.25, -0.2) is 0 Å². The van der Waals surface area contributed by atoms with Crippen LogP contribution in [0.3, 0.4) is 0 Å². The van der Waals surface area contributed by atoms with E-state index in [-0.39, 0.29) is 18.7 Å². The van der Waals surface area contributed by atoms with Gasteiger partial charge in [0.2, 0.25) is 6.29 Å². The van der Waals surface area contributed by atoms with Gasteiger partial charge in [0.05, 0.1) is 6.61 Å². The monoisotopic (exact) mass is 252 g/mol. The molecule has 0 radical (unpaired) electrons. The summed E-state index contributed by atoms with van der Waals surface area (Å²) in [6, 6.07) is -0.378. The van der Waals surface area contributed by atoms with Crippen molar-refractivity contribution in [3.8, 4) is 0 Å². The summed E-state index contributed by atoms with van der Waals surface area (Å²) >= 11 is 0. The summed E-state index contributed by atoms with van der Waals surface area (Å²) in [5.74, 6) is 0. The van der Waals surface area contributed by atoms with E-state index in [1.807, 2.05) is 6.92 Å². The largest absolute Gasteiger partial charge is 0.394 e. The van der Waals surface area contributed by atoms with Gasteiger partial charge in [-0.3, -0.25) is 0 Å². The Balaban J connectivity index is 2.68. The van der Waals surface area contributed by atoms with Crippen molar-refractivity contribution in [3.05, 3.63) is 0 Å². The molecule has 17 heavy (non-hydrogen) atoms. The minimum atomic E-state index is -0.780. The van der Waals surface area contributed by atoms with Crippen LogP contribution in [0.1, 0.15) is 6.92 Å². The molecule has 8 N–H and O–H groups in total. The Morgan fingerprint density at radius 2 is 2.18 bits per heavy atom. The van der Waals surface area contributed by atoms with Crippen LogP contribution in [0.4, 0.5) is 0 Å². The zero-order valence-electron chi connectivity index (χ0n) is 10.4. The molecule has 1 saturated heterocycles. The van der Waals surface area contributed by atoms with Gasteiger partial charge in [-0.05, 0) is 6.92 Å². The highest BCUT2D eigenvalue weighted by atomic mass is 16.7. The molecule has 102 valence electrons. The van der Waals surface area contributed by atoms with Gasteiger partial charge in [0.25, 0.3) is 0 Å². The fourth-order valence-electron chi connectivity index (χ4n) is 1.83. The zero-order valence-corrected chi connectivity index (χ0v) is 10.4. The zero-order chi connectivity index (χ0) is 13.0. The van der Waals surface area contributed by atoms with Crippen LogP contribution >= 0.6 is 0 Å². The SMILES string of the molecule is COC(OC1C(CO)OCC([NH3+])C1O)C(C)[NH3+]. The van der Waals surface area contributed by atoms with Gasteiger partial charge in [-0.2, -0.15) is 0 Å². The third-order valence-corrected chi connectivity index (χ3v) is 2.88. The number of hydrogen-bond donors (Lipinski definition) is 4. The van der Waals surface area contributed by atoms with E-state index >= 15 is 0 Å². The van der Waals surface area contributed by atoms with E-state index in [2.05, 4.69) is 11.5 Å². The van der Waals surface area contributed by atoms with Crippen molar-refractivity contribution in [1.82, 2.24) is 0 Å². The highest BCUT2D eigenvalue weighted by molar-refractivity contribution is 4.87. The molecule has 0 aliphatic carbocycles. The van der Waals surface area contributed by atoms with Crippen LogP contribution in [-0.2, 0) is 14.2 Å². The van der Waals surface area contributed by atoms with Crippen molar-refractivity contribution in [2.45, 2.75) is 43.6 Å². The fourth-order valence-corrected chi connectivity index (χ4v) is 1.83. The van der Waals surface area contributed by atoms with Crippen LogP contribution in [0, 0.1) is 0 Å². The Labute approximate surface area is 101 Å².